The first kappa shape index (κ1) is 22.4. The molecule has 0 saturated heterocycles. The number of carbonyl (C=O) groups is 1. The number of nitrogens with zero attached hydrogens (tertiary/aromatic N) is 4. The molecule has 0 atom stereocenters. The lowest BCUT2D eigenvalue weighted by Gasteiger charge is -2.08. The van der Waals surface area contributed by atoms with Crippen molar-refractivity contribution in [1.29, 1.82) is 0 Å². The van der Waals surface area contributed by atoms with E-state index < -0.39 is 11.9 Å². The van der Waals surface area contributed by atoms with E-state index >= 15 is 0 Å². The number of halogens is 3. The van der Waals surface area contributed by atoms with Gasteiger partial charge in [-0.2, -0.15) is 23.4 Å². The molecule has 166 valence electrons. The van der Waals surface area contributed by atoms with Crippen LogP contribution in [0.15, 0.2) is 36.5 Å². The third-order valence-corrected chi connectivity index (χ3v) is 4.54. The number of amides is 1. The number of carbonyl (C=O) groups excluding carboxylic acids is 1. The van der Waals surface area contributed by atoms with E-state index in [1.165, 1.54) is 9.36 Å². The van der Waals surface area contributed by atoms with Gasteiger partial charge >= 0.3 is 6.18 Å². The molecule has 3 rings (SSSR count). The maximum absolute atomic E-state index is 12.7. The summed E-state index contributed by atoms with van der Waals surface area (Å²) in [6.07, 6.45) is -2.39. The summed E-state index contributed by atoms with van der Waals surface area (Å²) in [5, 5.41) is 10.5. The zero-order chi connectivity index (χ0) is 22.6. The van der Waals surface area contributed by atoms with Crippen LogP contribution in [0.5, 0.6) is 5.75 Å². The molecular weight excluding hydrogens is 411 g/mol. The SMILES string of the molecule is Cc1cc(C)cc(OCn2ccc(C(=O)NCCCn3nc(C(F)(F)F)cc3C)n2)c1. The molecule has 0 saturated carbocycles. The van der Waals surface area contributed by atoms with E-state index in [0.717, 1.165) is 22.9 Å². The van der Waals surface area contributed by atoms with E-state index in [1.807, 2.05) is 32.0 Å². The molecule has 0 aliphatic heterocycles. The van der Waals surface area contributed by atoms with Crippen molar-refractivity contribution in [1.82, 2.24) is 24.9 Å². The molecule has 1 amide bonds. The van der Waals surface area contributed by atoms with Crippen LogP contribution in [-0.2, 0) is 19.5 Å². The molecule has 3 aromatic rings. The zero-order valence-corrected chi connectivity index (χ0v) is 17.5. The zero-order valence-electron chi connectivity index (χ0n) is 17.5. The number of aromatic nitrogens is 4. The van der Waals surface area contributed by atoms with Crippen LogP contribution in [-0.4, -0.2) is 32.0 Å². The van der Waals surface area contributed by atoms with Crippen molar-refractivity contribution < 1.29 is 22.7 Å². The molecule has 0 aliphatic carbocycles. The normalized spacial score (nSPS) is 11.5. The molecule has 10 heteroatoms. The predicted octanol–water partition coefficient (Wildman–Crippen LogP) is 3.88. The van der Waals surface area contributed by atoms with Crippen LogP contribution >= 0.6 is 0 Å². The lowest BCUT2D eigenvalue weighted by atomic mass is 10.1. The second-order valence-electron chi connectivity index (χ2n) is 7.34. The second-order valence-corrected chi connectivity index (χ2v) is 7.34. The minimum absolute atomic E-state index is 0.163. The van der Waals surface area contributed by atoms with Gasteiger partial charge in [0.05, 0.1) is 0 Å². The summed E-state index contributed by atoms with van der Waals surface area (Å²) in [5.74, 6) is 0.361. The van der Waals surface area contributed by atoms with Crippen molar-refractivity contribution in [3.8, 4) is 5.75 Å². The number of rotatable bonds is 8. The Bertz CT molecular complexity index is 1040. The number of aryl methyl sites for hydroxylation is 4. The number of nitrogens with one attached hydrogen (secondary N) is 1. The van der Waals surface area contributed by atoms with Crippen LogP contribution in [0.2, 0.25) is 0 Å². The maximum atomic E-state index is 12.7. The van der Waals surface area contributed by atoms with E-state index in [-0.39, 0.29) is 31.4 Å². The van der Waals surface area contributed by atoms with Crippen molar-refractivity contribution in [2.24, 2.45) is 0 Å². The van der Waals surface area contributed by atoms with Crippen molar-refractivity contribution in [2.75, 3.05) is 6.54 Å². The Morgan fingerprint density at radius 3 is 2.45 bits per heavy atom. The molecule has 31 heavy (non-hydrogen) atoms. The number of alkyl halides is 3. The summed E-state index contributed by atoms with van der Waals surface area (Å²) in [6, 6.07) is 8.47. The molecule has 0 bridgehead atoms. The van der Waals surface area contributed by atoms with Crippen LogP contribution in [0.4, 0.5) is 13.2 Å². The summed E-state index contributed by atoms with van der Waals surface area (Å²) in [4.78, 5) is 12.2. The van der Waals surface area contributed by atoms with Crippen LogP contribution < -0.4 is 10.1 Å². The lowest BCUT2D eigenvalue weighted by molar-refractivity contribution is -0.141. The van der Waals surface area contributed by atoms with E-state index in [9.17, 15) is 18.0 Å². The minimum atomic E-state index is -4.47. The molecule has 0 spiro atoms. The topological polar surface area (TPSA) is 74.0 Å². The standard InChI is InChI=1S/C21H24F3N5O2/c1-14-9-15(2)11-17(10-14)31-13-28-8-5-18(26-28)20(30)25-6-4-7-29-16(3)12-19(27-29)21(22,23)24/h5,8-12H,4,6-7,13H2,1-3H3,(H,25,30). The highest BCUT2D eigenvalue weighted by atomic mass is 19.4. The summed E-state index contributed by atoms with van der Waals surface area (Å²) in [5.41, 5.74) is 1.92. The molecular formula is C21H24F3N5O2. The first-order chi connectivity index (χ1) is 14.6. The molecule has 2 heterocycles. The van der Waals surface area contributed by atoms with Gasteiger partial charge < -0.3 is 10.1 Å². The fraction of sp³-hybridized carbons (Fsp3) is 0.381. The van der Waals surface area contributed by atoms with E-state index in [2.05, 4.69) is 15.5 Å². The van der Waals surface area contributed by atoms with Gasteiger partial charge in [0.25, 0.3) is 5.91 Å². The van der Waals surface area contributed by atoms with Crippen LogP contribution in [0.25, 0.3) is 0 Å². The Hall–Kier alpha value is -3.30. The van der Waals surface area contributed by atoms with Gasteiger partial charge in [-0.15, -0.1) is 0 Å². The molecule has 7 nitrogen and oxygen atoms in total. The Kier molecular flexibility index (Phi) is 6.67. The Morgan fingerprint density at radius 1 is 1.10 bits per heavy atom. The maximum Gasteiger partial charge on any atom is 0.435 e. The Labute approximate surface area is 177 Å². The van der Waals surface area contributed by atoms with Crippen LogP contribution in [0.1, 0.15) is 39.4 Å². The average molecular weight is 435 g/mol. The fourth-order valence-electron chi connectivity index (χ4n) is 3.11. The smallest absolute Gasteiger partial charge is 0.435 e. The van der Waals surface area contributed by atoms with Gasteiger partial charge in [0.1, 0.15) is 11.4 Å². The number of hydrogen-bond donors (Lipinski definition) is 1. The van der Waals surface area contributed by atoms with Gasteiger partial charge in [0, 0.05) is 25.0 Å². The molecule has 2 aromatic heterocycles. The predicted molar refractivity (Wildman–Crippen MR) is 108 cm³/mol. The first-order valence-corrected chi connectivity index (χ1v) is 9.76. The highest BCUT2D eigenvalue weighted by molar-refractivity contribution is 5.92. The third kappa shape index (κ3) is 6.09. The summed E-state index contributed by atoms with van der Waals surface area (Å²) in [7, 11) is 0. The lowest BCUT2D eigenvalue weighted by Crippen LogP contribution is -2.26. The first-order valence-electron chi connectivity index (χ1n) is 9.76. The van der Waals surface area contributed by atoms with E-state index in [1.54, 1.807) is 19.2 Å². The van der Waals surface area contributed by atoms with Crippen molar-refractivity contribution in [3.05, 3.63) is 64.7 Å². The molecule has 1 N–H and O–H groups in total. The molecule has 0 radical (unpaired) electrons. The minimum Gasteiger partial charge on any atom is -0.471 e. The van der Waals surface area contributed by atoms with Gasteiger partial charge in [0.15, 0.2) is 12.4 Å². The summed E-state index contributed by atoms with van der Waals surface area (Å²) < 4.78 is 46.6. The van der Waals surface area contributed by atoms with Crippen molar-refractivity contribution >= 4 is 5.91 Å². The molecule has 1 aromatic carbocycles. The van der Waals surface area contributed by atoms with E-state index in [4.69, 9.17) is 4.74 Å². The molecule has 0 fully saturated rings. The van der Waals surface area contributed by atoms with Crippen molar-refractivity contribution in [2.45, 2.75) is 46.6 Å². The summed E-state index contributed by atoms with van der Waals surface area (Å²) >= 11 is 0. The number of ether oxygens (including phenoxy) is 1. The highest BCUT2D eigenvalue weighted by Crippen LogP contribution is 2.28. The van der Waals surface area contributed by atoms with Gasteiger partial charge in [-0.05, 0) is 62.6 Å². The number of hydrogen-bond acceptors (Lipinski definition) is 4. The average Bonchev–Trinajstić information content (AvgIpc) is 3.29. The van der Waals surface area contributed by atoms with Crippen molar-refractivity contribution in [3.63, 3.8) is 0 Å². The van der Waals surface area contributed by atoms with Gasteiger partial charge in [-0.25, -0.2) is 4.68 Å². The largest absolute Gasteiger partial charge is 0.471 e. The third-order valence-electron chi connectivity index (χ3n) is 4.54. The van der Waals surface area contributed by atoms with Crippen LogP contribution in [0.3, 0.4) is 0 Å². The number of benzene rings is 1. The molecule has 0 unspecified atom stereocenters. The fourth-order valence-corrected chi connectivity index (χ4v) is 3.11. The Balaban J connectivity index is 1.45. The van der Waals surface area contributed by atoms with Gasteiger partial charge in [-0.1, -0.05) is 6.07 Å². The van der Waals surface area contributed by atoms with Crippen LogP contribution in [0, 0.1) is 20.8 Å². The summed E-state index contributed by atoms with van der Waals surface area (Å²) in [6.45, 7) is 6.24. The van der Waals surface area contributed by atoms with Gasteiger partial charge in [0.2, 0.25) is 0 Å². The molecule has 0 aliphatic rings. The quantitative estimate of drug-likeness (QED) is 0.545. The Morgan fingerprint density at radius 2 is 1.81 bits per heavy atom. The second kappa shape index (κ2) is 9.23. The highest BCUT2D eigenvalue weighted by Gasteiger charge is 2.34. The van der Waals surface area contributed by atoms with Gasteiger partial charge in [-0.3, -0.25) is 9.48 Å². The van der Waals surface area contributed by atoms with E-state index in [0.29, 0.717) is 12.1 Å². The monoisotopic (exact) mass is 435 g/mol.